The lowest BCUT2D eigenvalue weighted by molar-refractivity contribution is -0.129. The second-order valence-corrected chi connectivity index (χ2v) is 7.04. The lowest BCUT2D eigenvalue weighted by Gasteiger charge is -2.21. The maximum Gasteiger partial charge on any atom is 0.242 e. The average Bonchev–Trinajstić information content (AvgIpc) is 2.78. The van der Waals surface area contributed by atoms with Crippen molar-refractivity contribution >= 4 is 11.8 Å². The minimum atomic E-state index is -0.765. The predicted molar refractivity (Wildman–Crippen MR) is 116 cm³/mol. The Bertz CT molecular complexity index is 783. The van der Waals surface area contributed by atoms with E-state index in [0.717, 1.165) is 29.8 Å². The molecule has 2 rings (SSSR count). The molecule has 1 aromatic carbocycles. The lowest BCUT2D eigenvalue weighted by atomic mass is 10.0. The number of hydrogen-bond donors (Lipinski definition) is 4. The second kappa shape index (κ2) is 12.6. The zero-order valence-corrected chi connectivity index (χ0v) is 17.3. The highest BCUT2D eigenvalue weighted by molar-refractivity contribution is 5.89. The van der Waals surface area contributed by atoms with Crippen LogP contribution < -0.4 is 26.8 Å². The normalized spacial score (nSPS) is 12.6. The monoisotopic (exact) mass is 413 g/mol. The first-order chi connectivity index (χ1) is 14.5. The van der Waals surface area contributed by atoms with Crippen molar-refractivity contribution in [2.24, 2.45) is 11.5 Å². The fourth-order valence-electron chi connectivity index (χ4n) is 2.95. The van der Waals surface area contributed by atoms with Crippen molar-refractivity contribution in [3.63, 3.8) is 0 Å². The zero-order chi connectivity index (χ0) is 21.8. The van der Waals surface area contributed by atoms with Crippen LogP contribution in [-0.4, -0.2) is 42.5 Å². The van der Waals surface area contributed by atoms with Crippen molar-refractivity contribution in [3.05, 3.63) is 59.9 Å². The quantitative estimate of drug-likeness (QED) is 0.382. The van der Waals surface area contributed by atoms with E-state index in [1.165, 1.54) is 0 Å². The van der Waals surface area contributed by atoms with Gasteiger partial charge >= 0.3 is 0 Å². The third-order valence-electron chi connectivity index (χ3n) is 4.70. The number of amides is 2. The molecule has 0 saturated carbocycles. The Kier molecular flexibility index (Phi) is 9.76. The van der Waals surface area contributed by atoms with Crippen LogP contribution in [0.2, 0.25) is 0 Å². The van der Waals surface area contributed by atoms with Crippen LogP contribution in [0.15, 0.2) is 48.7 Å². The van der Waals surface area contributed by atoms with Crippen LogP contribution in [-0.2, 0) is 22.6 Å². The molecule has 30 heavy (non-hydrogen) atoms. The summed E-state index contributed by atoms with van der Waals surface area (Å²) in [6.45, 7) is 0.827. The van der Waals surface area contributed by atoms with Gasteiger partial charge in [-0.15, -0.1) is 0 Å². The Balaban J connectivity index is 1.93. The number of nitrogens with one attached hydrogen (secondary N) is 2. The number of carbonyl (C=O) groups excluding carboxylic acids is 2. The second-order valence-electron chi connectivity index (χ2n) is 7.04. The van der Waals surface area contributed by atoms with Crippen molar-refractivity contribution < 1.29 is 14.3 Å². The molecule has 0 fully saturated rings. The first kappa shape index (κ1) is 23.3. The summed E-state index contributed by atoms with van der Waals surface area (Å²) in [7, 11) is 1.60. The maximum absolute atomic E-state index is 12.7. The number of methoxy groups -OCH3 is 1. The van der Waals surface area contributed by atoms with Crippen LogP contribution in [0.4, 0.5) is 0 Å². The van der Waals surface area contributed by atoms with E-state index in [9.17, 15) is 9.59 Å². The van der Waals surface area contributed by atoms with E-state index in [0.29, 0.717) is 25.9 Å². The molecule has 2 amide bonds. The van der Waals surface area contributed by atoms with Gasteiger partial charge in [-0.2, -0.15) is 0 Å². The fraction of sp³-hybridized carbons (Fsp3) is 0.409. The van der Waals surface area contributed by atoms with Gasteiger partial charge in [-0.25, -0.2) is 0 Å². The van der Waals surface area contributed by atoms with E-state index in [1.807, 2.05) is 42.5 Å². The van der Waals surface area contributed by atoms with Crippen molar-refractivity contribution in [2.45, 2.75) is 44.3 Å². The molecule has 0 aliphatic heterocycles. The molecule has 1 unspecified atom stereocenters. The SMILES string of the molecule is COc1ccc(CC(N)C(=O)N[C@@H](CCCCN)C(=O)NCc2ccccn2)cc1. The molecule has 1 aromatic heterocycles. The van der Waals surface area contributed by atoms with Crippen LogP contribution in [0.25, 0.3) is 0 Å². The lowest BCUT2D eigenvalue weighted by Crippen LogP contribution is -2.52. The summed E-state index contributed by atoms with van der Waals surface area (Å²) >= 11 is 0. The summed E-state index contributed by atoms with van der Waals surface area (Å²) in [6.07, 6.45) is 4.03. The van der Waals surface area contributed by atoms with Crippen molar-refractivity contribution in [3.8, 4) is 5.75 Å². The summed E-state index contributed by atoms with van der Waals surface area (Å²) in [5.41, 5.74) is 13.3. The summed E-state index contributed by atoms with van der Waals surface area (Å²) in [5.74, 6) is 0.112. The van der Waals surface area contributed by atoms with Crippen molar-refractivity contribution in [2.75, 3.05) is 13.7 Å². The molecule has 2 aromatic rings. The van der Waals surface area contributed by atoms with Gasteiger partial charge in [0.1, 0.15) is 11.8 Å². The molecule has 8 heteroatoms. The molecule has 0 aliphatic carbocycles. The number of rotatable bonds is 12. The molecule has 0 saturated heterocycles. The van der Waals surface area contributed by atoms with Crippen LogP contribution in [0.3, 0.4) is 0 Å². The zero-order valence-electron chi connectivity index (χ0n) is 17.3. The van der Waals surface area contributed by atoms with E-state index in [4.69, 9.17) is 16.2 Å². The Morgan fingerprint density at radius 1 is 1.10 bits per heavy atom. The number of unbranched alkanes of at least 4 members (excludes halogenated alkanes) is 1. The molecular formula is C22H31N5O3. The number of ether oxygens (including phenoxy) is 1. The topological polar surface area (TPSA) is 132 Å². The molecule has 0 bridgehead atoms. The minimum Gasteiger partial charge on any atom is -0.497 e. The van der Waals surface area contributed by atoms with Crippen molar-refractivity contribution in [1.82, 2.24) is 15.6 Å². The van der Waals surface area contributed by atoms with E-state index in [-0.39, 0.29) is 11.8 Å². The van der Waals surface area contributed by atoms with E-state index in [2.05, 4.69) is 15.6 Å². The van der Waals surface area contributed by atoms with Crippen LogP contribution in [0.5, 0.6) is 5.75 Å². The third kappa shape index (κ3) is 7.81. The molecule has 6 N–H and O–H groups in total. The van der Waals surface area contributed by atoms with Gasteiger partial charge in [0.2, 0.25) is 11.8 Å². The number of pyridine rings is 1. The summed E-state index contributed by atoms with van der Waals surface area (Å²) < 4.78 is 5.13. The number of carbonyl (C=O) groups is 2. The molecule has 2 atom stereocenters. The van der Waals surface area contributed by atoms with E-state index >= 15 is 0 Å². The molecule has 1 heterocycles. The van der Waals surface area contributed by atoms with Gasteiger partial charge in [0.25, 0.3) is 0 Å². The van der Waals surface area contributed by atoms with Gasteiger partial charge in [0.05, 0.1) is 25.4 Å². The fourth-order valence-corrected chi connectivity index (χ4v) is 2.95. The van der Waals surface area contributed by atoms with Gasteiger partial charge in [-0.05, 0) is 62.1 Å². The average molecular weight is 414 g/mol. The molecular weight excluding hydrogens is 382 g/mol. The number of aromatic nitrogens is 1. The Morgan fingerprint density at radius 3 is 2.50 bits per heavy atom. The molecule has 0 spiro atoms. The van der Waals surface area contributed by atoms with Gasteiger partial charge in [-0.1, -0.05) is 18.2 Å². The standard InChI is InChI=1S/C22H31N5O3/c1-30-18-10-8-16(9-11-18)14-19(24)21(28)27-20(7-2-4-12-23)22(29)26-15-17-6-3-5-13-25-17/h3,5-6,8-11,13,19-20H,2,4,7,12,14-15,23-24H2,1H3,(H,26,29)(H,27,28)/t19?,20-/m0/s1. The number of nitrogens with zero attached hydrogens (tertiary/aromatic N) is 1. The smallest absolute Gasteiger partial charge is 0.242 e. The van der Waals surface area contributed by atoms with E-state index < -0.39 is 12.1 Å². The van der Waals surface area contributed by atoms with E-state index in [1.54, 1.807) is 13.3 Å². The highest BCUT2D eigenvalue weighted by Gasteiger charge is 2.23. The van der Waals surface area contributed by atoms with Crippen LogP contribution in [0, 0.1) is 0 Å². The first-order valence-corrected chi connectivity index (χ1v) is 10.1. The summed E-state index contributed by atoms with van der Waals surface area (Å²) in [4.78, 5) is 29.5. The minimum absolute atomic E-state index is 0.261. The first-order valence-electron chi connectivity index (χ1n) is 10.1. The summed E-state index contributed by atoms with van der Waals surface area (Å²) in [5, 5.41) is 5.62. The molecule has 162 valence electrons. The van der Waals surface area contributed by atoms with Gasteiger partial charge in [-0.3, -0.25) is 14.6 Å². The Morgan fingerprint density at radius 2 is 1.87 bits per heavy atom. The Labute approximate surface area is 177 Å². The highest BCUT2D eigenvalue weighted by atomic mass is 16.5. The summed E-state index contributed by atoms with van der Waals surface area (Å²) in [6, 6.07) is 11.4. The third-order valence-corrected chi connectivity index (χ3v) is 4.70. The van der Waals surface area contributed by atoms with Gasteiger partial charge in [0.15, 0.2) is 0 Å². The van der Waals surface area contributed by atoms with Gasteiger partial charge in [0, 0.05) is 6.20 Å². The Hall–Kier alpha value is -2.97. The molecule has 0 radical (unpaired) electrons. The highest BCUT2D eigenvalue weighted by Crippen LogP contribution is 2.12. The van der Waals surface area contributed by atoms with Gasteiger partial charge < -0.3 is 26.8 Å². The van der Waals surface area contributed by atoms with Crippen LogP contribution >= 0.6 is 0 Å². The van der Waals surface area contributed by atoms with Crippen molar-refractivity contribution in [1.29, 1.82) is 0 Å². The largest absolute Gasteiger partial charge is 0.497 e. The van der Waals surface area contributed by atoms with Crippen LogP contribution in [0.1, 0.15) is 30.5 Å². The molecule has 8 nitrogen and oxygen atoms in total. The molecule has 0 aliphatic rings. The number of nitrogens with two attached hydrogens (primary N) is 2. The number of hydrogen-bond acceptors (Lipinski definition) is 6. The maximum atomic E-state index is 12.7. The number of benzene rings is 1. The predicted octanol–water partition coefficient (Wildman–Crippen LogP) is 0.890.